The van der Waals surface area contributed by atoms with Crippen molar-refractivity contribution in [3.8, 4) is 28.7 Å². The van der Waals surface area contributed by atoms with Gasteiger partial charge in [0.2, 0.25) is 5.82 Å². The molecule has 0 aliphatic rings. The molecule has 4 aromatic rings. The summed E-state index contributed by atoms with van der Waals surface area (Å²) in [6, 6.07) is 11.1. The van der Waals surface area contributed by atoms with E-state index in [2.05, 4.69) is 15.2 Å². The van der Waals surface area contributed by atoms with Crippen LogP contribution in [0, 0.1) is 0 Å². The van der Waals surface area contributed by atoms with E-state index in [1.807, 2.05) is 0 Å². The highest BCUT2D eigenvalue weighted by Gasteiger charge is 2.35. The van der Waals surface area contributed by atoms with Crippen molar-refractivity contribution in [2.75, 3.05) is 6.26 Å². The Kier molecular flexibility index (Phi) is 5.28. The zero-order valence-corrected chi connectivity index (χ0v) is 17.4. The number of nitrogens with zero attached hydrogens (tertiary/aromatic N) is 4. The molecule has 170 valence electrons. The van der Waals surface area contributed by atoms with E-state index in [1.165, 1.54) is 36.4 Å². The van der Waals surface area contributed by atoms with Gasteiger partial charge in [0.1, 0.15) is 5.69 Å². The zero-order chi connectivity index (χ0) is 24.0. The number of carboxylic acids is 1. The molecule has 0 aliphatic carbocycles. The lowest BCUT2D eigenvalue weighted by Crippen LogP contribution is -2.12. The Labute approximate surface area is 184 Å². The van der Waals surface area contributed by atoms with Crippen molar-refractivity contribution in [3.05, 3.63) is 65.9 Å². The van der Waals surface area contributed by atoms with Crippen LogP contribution in [-0.2, 0) is 16.0 Å². The van der Waals surface area contributed by atoms with Crippen LogP contribution in [0.25, 0.3) is 28.7 Å². The third-order valence-corrected chi connectivity index (χ3v) is 5.64. The van der Waals surface area contributed by atoms with Gasteiger partial charge in [-0.2, -0.15) is 23.3 Å². The first-order chi connectivity index (χ1) is 15.4. The summed E-state index contributed by atoms with van der Waals surface area (Å²) in [6.45, 7) is 0. The van der Waals surface area contributed by atoms with Gasteiger partial charge in [-0.3, -0.25) is 0 Å². The van der Waals surface area contributed by atoms with Crippen LogP contribution in [-0.4, -0.2) is 45.7 Å². The van der Waals surface area contributed by atoms with Crippen molar-refractivity contribution in [3.63, 3.8) is 0 Å². The molecule has 0 bridgehead atoms. The van der Waals surface area contributed by atoms with Gasteiger partial charge in [0, 0.05) is 17.9 Å². The highest BCUT2D eigenvalue weighted by Crippen LogP contribution is 2.35. The van der Waals surface area contributed by atoms with E-state index in [9.17, 15) is 31.5 Å². The third kappa shape index (κ3) is 4.35. The summed E-state index contributed by atoms with van der Waals surface area (Å²) in [5, 5.41) is 16.8. The molecular weight excluding hydrogens is 465 g/mol. The van der Waals surface area contributed by atoms with E-state index in [1.54, 1.807) is 0 Å². The Balaban J connectivity index is 1.86. The number of carboxylic acid groups (broad SMARTS) is 1. The molecule has 0 amide bonds. The van der Waals surface area contributed by atoms with Gasteiger partial charge in [0.15, 0.2) is 15.5 Å². The minimum atomic E-state index is -4.74. The maximum Gasteiger partial charge on any atom is 0.418 e. The fourth-order valence-electron chi connectivity index (χ4n) is 3.03. The molecule has 13 heteroatoms. The summed E-state index contributed by atoms with van der Waals surface area (Å²) in [5.41, 5.74) is -1.93. The molecule has 2 aromatic heterocycles. The number of hydrogen-bond donors (Lipinski definition) is 1. The van der Waals surface area contributed by atoms with Crippen molar-refractivity contribution >= 4 is 15.8 Å². The third-order valence-electron chi connectivity index (χ3n) is 4.53. The number of para-hydroxylation sites is 1. The Morgan fingerprint density at radius 1 is 1.09 bits per heavy atom. The van der Waals surface area contributed by atoms with Gasteiger partial charge in [0.25, 0.3) is 5.89 Å². The summed E-state index contributed by atoms with van der Waals surface area (Å²) in [7, 11) is -3.52. The number of aromatic nitrogens is 4. The van der Waals surface area contributed by atoms with Gasteiger partial charge in [-0.05, 0) is 30.3 Å². The quantitative estimate of drug-likeness (QED) is 0.460. The lowest BCUT2D eigenvalue weighted by molar-refractivity contribution is -0.137. The van der Waals surface area contributed by atoms with Gasteiger partial charge >= 0.3 is 12.1 Å². The Hall–Kier alpha value is -4.00. The minimum absolute atomic E-state index is 0.00272. The maximum atomic E-state index is 13.5. The topological polar surface area (TPSA) is 128 Å². The Morgan fingerprint density at radius 3 is 2.48 bits per heavy atom. The monoisotopic (exact) mass is 478 g/mol. The number of halogens is 3. The number of hydrogen-bond acceptors (Lipinski definition) is 7. The molecule has 33 heavy (non-hydrogen) atoms. The minimum Gasteiger partial charge on any atom is -0.476 e. The molecule has 0 unspecified atom stereocenters. The largest absolute Gasteiger partial charge is 0.476 e. The number of alkyl halides is 3. The number of aromatic carboxylic acids is 1. The molecule has 0 saturated heterocycles. The zero-order valence-electron chi connectivity index (χ0n) is 16.6. The van der Waals surface area contributed by atoms with E-state index in [0.29, 0.717) is 0 Å². The molecular formula is C20H13F3N4O5S. The second-order valence-corrected chi connectivity index (χ2v) is 8.89. The fraction of sp³-hybridized carbons (Fsp3) is 0.100. The average molecular weight is 478 g/mol. The van der Waals surface area contributed by atoms with Crippen LogP contribution < -0.4 is 0 Å². The number of rotatable bonds is 5. The SMILES string of the molecule is CS(=O)(=O)c1cccc(-c2nc(-c3cc(C(=O)O)nn3-c3ccccc3C(F)(F)F)no2)c1. The van der Waals surface area contributed by atoms with Gasteiger partial charge < -0.3 is 9.63 Å². The van der Waals surface area contributed by atoms with Crippen molar-refractivity contribution in [2.45, 2.75) is 11.1 Å². The maximum absolute atomic E-state index is 13.5. The summed E-state index contributed by atoms with van der Waals surface area (Å²) in [4.78, 5) is 15.6. The van der Waals surface area contributed by atoms with Crippen molar-refractivity contribution < 1.29 is 36.0 Å². The molecule has 0 saturated carbocycles. The summed E-state index contributed by atoms with van der Waals surface area (Å²) in [6.07, 6.45) is -3.72. The molecule has 4 rings (SSSR count). The van der Waals surface area contributed by atoms with Gasteiger partial charge in [0.05, 0.1) is 16.1 Å². The van der Waals surface area contributed by atoms with Crippen LogP contribution in [0.1, 0.15) is 16.1 Å². The number of carbonyl (C=O) groups is 1. The lowest BCUT2D eigenvalue weighted by atomic mass is 10.1. The highest BCUT2D eigenvalue weighted by atomic mass is 32.2. The molecule has 1 N–H and O–H groups in total. The van der Waals surface area contributed by atoms with Gasteiger partial charge in [-0.25, -0.2) is 17.9 Å². The summed E-state index contributed by atoms with van der Waals surface area (Å²) in [5.74, 6) is -1.83. The van der Waals surface area contributed by atoms with Crippen LogP contribution in [0.3, 0.4) is 0 Å². The number of benzene rings is 2. The van der Waals surface area contributed by atoms with E-state index >= 15 is 0 Å². The summed E-state index contributed by atoms with van der Waals surface area (Å²) < 4.78 is 70.1. The summed E-state index contributed by atoms with van der Waals surface area (Å²) >= 11 is 0. The molecule has 2 heterocycles. The van der Waals surface area contributed by atoms with Gasteiger partial charge in [-0.15, -0.1) is 0 Å². The lowest BCUT2D eigenvalue weighted by Gasteiger charge is -2.13. The molecule has 0 spiro atoms. The van der Waals surface area contributed by atoms with Gasteiger partial charge in [-0.1, -0.05) is 23.4 Å². The Morgan fingerprint density at radius 2 is 1.82 bits per heavy atom. The van der Waals surface area contributed by atoms with Crippen LogP contribution in [0.15, 0.2) is 64.0 Å². The van der Waals surface area contributed by atoms with Crippen molar-refractivity contribution in [2.24, 2.45) is 0 Å². The standard InChI is InChI=1S/C20H13F3N4O5S/c1-33(30,31)12-6-4-5-11(9-12)18-24-17(26-32-18)16-10-14(19(28)29)25-27(16)15-8-3-2-7-13(15)20(21,22)23/h2-10H,1H3,(H,28,29). The first-order valence-electron chi connectivity index (χ1n) is 9.09. The highest BCUT2D eigenvalue weighted by molar-refractivity contribution is 7.90. The van der Waals surface area contributed by atoms with Crippen LogP contribution >= 0.6 is 0 Å². The second-order valence-electron chi connectivity index (χ2n) is 6.87. The van der Waals surface area contributed by atoms with Crippen LogP contribution in [0.4, 0.5) is 13.2 Å². The van der Waals surface area contributed by atoms with Crippen LogP contribution in [0.2, 0.25) is 0 Å². The van der Waals surface area contributed by atoms with E-state index in [4.69, 9.17) is 4.52 Å². The molecule has 0 fully saturated rings. The average Bonchev–Trinajstić information content (AvgIpc) is 3.40. The fourth-order valence-corrected chi connectivity index (χ4v) is 3.70. The Bertz CT molecular complexity index is 1470. The molecule has 9 nitrogen and oxygen atoms in total. The predicted molar refractivity (Wildman–Crippen MR) is 107 cm³/mol. The number of sulfone groups is 1. The normalized spacial score (nSPS) is 12.1. The first-order valence-corrected chi connectivity index (χ1v) is 11.0. The first kappa shape index (κ1) is 22.2. The van der Waals surface area contributed by atoms with Crippen molar-refractivity contribution in [1.82, 2.24) is 19.9 Å². The van der Waals surface area contributed by atoms with E-state index in [0.717, 1.165) is 29.1 Å². The van der Waals surface area contributed by atoms with E-state index in [-0.39, 0.29) is 27.9 Å². The molecule has 0 atom stereocenters. The van der Waals surface area contributed by atoms with Crippen LogP contribution in [0.5, 0.6) is 0 Å². The molecule has 2 aromatic carbocycles. The van der Waals surface area contributed by atoms with Crippen molar-refractivity contribution in [1.29, 1.82) is 0 Å². The molecule has 0 aliphatic heterocycles. The smallest absolute Gasteiger partial charge is 0.418 e. The van der Waals surface area contributed by atoms with E-state index < -0.39 is 38.9 Å². The second kappa shape index (κ2) is 7.85. The predicted octanol–water partition coefficient (Wildman–Crippen LogP) is 3.71. The molecule has 0 radical (unpaired) electrons.